The van der Waals surface area contributed by atoms with Crippen LogP contribution >= 0.6 is 0 Å². The van der Waals surface area contributed by atoms with Crippen molar-refractivity contribution < 1.29 is 17.9 Å². The summed E-state index contributed by atoms with van der Waals surface area (Å²) in [7, 11) is 13.2. The first-order chi connectivity index (χ1) is 69.4. The Morgan fingerprint density at radius 1 is 0.229 bits per heavy atom. The Labute approximate surface area is 858 Å². The van der Waals surface area contributed by atoms with E-state index < -0.39 is 0 Å². The Hall–Kier alpha value is -14.6. The monoisotopic (exact) mass is 1890 g/mol. The highest BCUT2D eigenvalue weighted by atomic mass is 15.3. The molecule has 0 aliphatic carbocycles. The molecule has 0 bridgehead atoms. The van der Waals surface area contributed by atoms with Crippen molar-refractivity contribution in [3.05, 3.63) is 418 Å². The standard InChI is InChI=1S/C37H33BN3.C36H39BN3.C35H45BN3.C20H23BN3/c1-26-14-12-23-33-34(26)37-39(4)24-25-40(37)38(35-27(2)15-11-16-28(35)3)41(33)36-31(29-17-7-5-8-18-29)21-13-22-32(36)30-19-9-6-10-20-30;1-24(2)29-21-15-22-30(25(3)4)33(29)37-39(7)31-23-14-16-26(5)32(31)36-38(6)34(27-17-10-8-11-18-27)35(40(36)37)28-19-12-9-13-20-28;1-22(2)27-15-12-16-28(23(3)4)33(27)36-38-21-20-37(10)35(38)32-26(9)14-11-19-31(32)39(36)34-29(24(5)6)17-13-18-30(34)25(7)8;1-14-8-7-11-17-18(14)20-22(4)12-13-24(20)21(23(17)5)19-15(2)9-6-10-16(19)3/h5-25H,1-4H3;8-25H,1-7H3;11-25H,1-10H3;6-13H,1-5H3/q4*+1. The number of anilines is 6. The molecule has 0 radical (unpaired) electrons. The summed E-state index contributed by atoms with van der Waals surface area (Å²) in [6, 6.07) is 111. The molecule has 16 heteroatoms. The van der Waals surface area contributed by atoms with Crippen molar-refractivity contribution in [2.24, 2.45) is 28.2 Å². The second kappa shape index (κ2) is 40.3. The summed E-state index contributed by atoms with van der Waals surface area (Å²) < 4.78 is 19.3. The van der Waals surface area contributed by atoms with Crippen LogP contribution in [0.5, 0.6) is 0 Å². The number of imidazole rings is 4. The van der Waals surface area contributed by atoms with Crippen LogP contribution in [0.15, 0.2) is 340 Å². The maximum atomic E-state index is 2.70. The van der Waals surface area contributed by atoms with E-state index in [9.17, 15) is 0 Å². The molecule has 12 nitrogen and oxygen atoms in total. The van der Waals surface area contributed by atoms with E-state index in [0.717, 1.165) is 0 Å². The van der Waals surface area contributed by atoms with Gasteiger partial charge in [-0.15, -0.1) is 0 Å². The number of nitrogens with zero attached hydrogens (tertiary/aromatic N) is 12. The van der Waals surface area contributed by atoms with Crippen LogP contribution in [-0.2, 0) is 28.2 Å². The van der Waals surface area contributed by atoms with Crippen molar-refractivity contribution in [2.45, 2.75) is 174 Å². The van der Waals surface area contributed by atoms with E-state index in [1.54, 1.807) is 0 Å². The van der Waals surface area contributed by atoms with Gasteiger partial charge in [0.2, 0.25) is 0 Å². The summed E-state index contributed by atoms with van der Waals surface area (Å²) in [5, 5.41) is 0. The van der Waals surface area contributed by atoms with Gasteiger partial charge in [0.15, 0.2) is 11.4 Å². The van der Waals surface area contributed by atoms with Gasteiger partial charge in [-0.05, 0) is 218 Å². The number of benzene rings is 14. The van der Waals surface area contributed by atoms with Gasteiger partial charge in [0.1, 0.15) is 37.2 Å². The molecule has 720 valence electrons. The van der Waals surface area contributed by atoms with Crippen molar-refractivity contribution >= 4 is 83.9 Å². The summed E-state index contributed by atoms with van der Waals surface area (Å²) in [6.07, 6.45) is 13.3. The van der Waals surface area contributed by atoms with Gasteiger partial charge in [-0.1, -0.05) is 362 Å². The van der Waals surface area contributed by atoms with Crippen LogP contribution in [0, 0.1) is 55.4 Å². The fourth-order valence-electron chi connectivity index (χ4n) is 24.1. The Balaban J connectivity index is 0.000000123. The van der Waals surface area contributed by atoms with Crippen molar-refractivity contribution in [3.8, 4) is 90.3 Å². The minimum absolute atomic E-state index is 0.000770. The highest BCUT2D eigenvalue weighted by Crippen LogP contribution is 2.51. The zero-order valence-electron chi connectivity index (χ0n) is 89.5. The summed E-state index contributed by atoms with van der Waals surface area (Å²) in [4.78, 5) is 10.2. The first-order valence-electron chi connectivity index (χ1n) is 52.0. The summed E-state index contributed by atoms with van der Waals surface area (Å²) in [6.45, 7) is 46.0. The molecule has 14 aromatic carbocycles. The number of aromatic nitrogens is 8. The van der Waals surface area contributed by atoms with Crippen molar-refractivity contribution in [3.63, 3.8) is 0 Å². The lowest BCUT2D eigenvalue weighted by atomic mass is 9.57. The summed E-state index contributed by atoms with van der Waals surface area (Å²) in [5.41, 5.74) is 47.2. The van der Waals surface area contributed by atoms with Crippen molar-refractivity contribution in [1.82, 2.24) is 18.3 Å². The zero-order chi connectivity index (χ0) is 101. The summed E-state index contributed by atoms with van der Waals surface area (Å²) in [5.74, 6) is 7.46. The van der Waals surface area contributed by atoms with Crippen LogP contribution in [0.2, 0.25) is 0 Å². The quantitative estimate of drug-likeness (QED) is 0.0905. The Kier molecular flexibility index (Phi) is 27.5. The van der Waals surface area contributed by atoms with Crippen molar-refractivity contribution in [1.29, 1.82) is 0 Å². The molecule has 0 spiro atoms. The molecular formula is C128H140B4N12+4. The number of fused-ring (bicyclic) bond motifs is 12. The van der Waals surface area contributed by atoms with Crippen LogP contribution in [0.25, 0.3) is 90.3 Å². The van der Waals surface area contributed by atoms with E-state index in [1.165, 1.54) is 224 Å². The molecule has 18 aromatic rings. The normalized spacial score (nSPS) is 12.8. The van der Waals surface area contributed by atoms with Crippen LogP contribution in [0.3, 0.4) is 0 Å². The predicted octanol–water partition coefficient (Wildman–Crippen LogP) is 26.0. The third-order valence-corrected chi connectivity index (χ3v) is 30.9. The molecule has 0 saturated carbocycles. The lowest BCUT2D eigenvalue weighted by Crippen LogP contribution is -2.72. The van der Waals surface area contributed by atoms with Crippen LogP contribution in [0.4, 0.5) is 34.1 Å². The fourth-order valence-corrected chi connectivity index (χ4v) is 24.1. The van der Waals surface area contributed by atoms with Gasteiger partial charge < -0.3 is 19.2 Å². The van der Waals surface area contributed by atoms with Crippen molar-refractivity contribution in [2.75, 3.05) is 33.3 Å². The number of rotatable bonds is 16. The van der Waals surface area contributed by atoms with E-state index in [2.05, 4.69) is 577 Å². The van der Waals surface area contributed by atoms with E-state index >= 15 is 0 Å². The molecule has 22 rings (SSSR count). The molecule has 8 heterocycles. The maximum absolute atomic E-state index is 2.70. The number of hydrogen-bond acceptors (Lipinski definition) is 4. The Bertz CT molecular complexity index is 7650. The van der Waals surface area contributed by atoms with Crippen LogP contribution < -0.4 is 59.0 Å². The molecule has 4 aliphatic heterocycles. The molecule has 144 heavy (non-hydrogen) atoms. The second-order valence-electron chi connectivity index (χ2n) is 42.4. The average molecular weight is 1890 g/mol. The van der Waals surface area contributed by atoms with Gasteiger partial charge in [-0.2, -0.15) is 0 Å². The van der Waals surface area contributed by atoms with Gasteiger partial charge in [0.05, 0.1) is 50.4 Å². The minimum Gasteiger partial charge on any atom is -0.372 e. The second-order valence-corrected chi connectivity index (χ2v) is 42.4. The Morgan fingerprint density at radius 2 is 0.500 bits per heavy atom. The van der Waals surface area contributed by atoms with Gasteiger partial charge in [0, 0.05) is 78.2 Å². The predicted molar refractivity (Wildman–Crippen MR) is 611 cm³/mol. The van der Waals surface area contributed by atoms with Gasteiger partial charge >= 0.3 is 27.9 Å². The average Bonchev–Trinajstić information content (AvgIpc) is 1.56. The molecule has 0 N–H and O–H groups in total. The minimum atomic E-state index is -0.0750. The number of hydrogen-bond donors (Lipinski definition) is 0. The zero-order valence-corrected chi connectivity index (χ0v) is 89.5. The van der Waals surface area contributed by atoms with E-state index in [0.29, 0.717) is 35.5 Å². The Morgan fingerprint density at radius 3 is 0.875 bits per heavy atom. The first-order valence-corrected chi connectivity index (χ1v) is 52.0. The molecule has 4 aromatic heterocycles. The van der Waals surface area contributed by atoms with E-state index in [4.69, 9.17) is 0 Å². The van der Waals surface area contributed by atoms with Crippen LogP contribution in [-0.4, -0.2) is 60.3 Å². The topological polar surface area (TPSA) is 48.2 Å². The number of aryl methyl sites for hydroxylation is 11. The summed E-state index contributed by atoms with van der Waals surface area (Å²) >= 11 is 0. The molecule has 4 aliphatic rings. The molecule has 0 saturated heterocycles. The maximum Gasteiger partial charge on any atom is 0.542 e. The third-order valence-electron chi connectivity index (χ3n) is 30.9. The highest BCUT2D eigenvalue weighted by Gasteiger charge is 2.54. The number of para-hydroxylation sites is 2. The highest BCUT2D eigenvalue weighted by molar-refractivity contribution is 6.74. The molecule has 0 fully saturated rings. The largest absolute Gasteiger partial charge is 0.542 e. The van der Waals surface area contributed by atoms with Crippen LogP contribution in [0.1, 0.15) is 196 Å². The van der Waals surface area contributed by atoms with Gasteiger partial charge in [-0.3, -0.25) is 17.9 Å². The van der Waals surface area contributed by atoms with E-state index in [1.807, 2.05) is 0 Å². The molecular weight excluding hydrogens is 1750 g/mol. The smallest absolute Gasteiger partial charge is 0.372 e. The molecule has 0 amide bonds. The first kappa shape index (κ1) is 98.2. The fraction of sp³-hybridized carbons (Fsp3) is 0.250. The molecule has 0 atom stereocenters. The van der Waals surface area contributed by atoms with Gasteiger partial charge in [0.25, 0.3) is 23.3 Å². The lowest BCUT2D eigenvalue weighted by molar-refractivity contribution is -0.524. The van der Waals surface area contributed by atoms with Gasteiger partial charge in [-0.25, -0.2) is 18.3 Å². The van der Waals surface area contributed by atoms with E-state index in [-0.39, 0.29) is 27.9 Å². The third kappa shape index (κ3) is 17.2. The molecule has 0 unspecified atom stereocenters. The lowest BCUT2D eigenvalue weighted by Gasteiger charge is -2.39. The SMILES string of the molecule is Cc1cccc(C)c1B1N(C)c2cccc(C)c2-c2n(C)cc[n+]21.Cc1cccc(C)c1B1N(c2c(-c3ccccc3)cccc2-c2ccccc2)c2cccc(C)c2-c2n(C)cc[n+]21.Cc1cccc2c1-c1n(C)c(-c3ccccc3)c(-c3ccccc3)[n+]1B(c1c(C(C)C)cccc1C(C)C)N2C.Cc1cccc2c1-c1n(C)cc[n+]1B(c1c(C(C)C)cccc1C(C)C)N2c1c(C(C)C)cccc1C(C)C.